The van der Waals surface area contributed by atoms with Gasteiger partial charge in [0, 0.05) is 0 Å². The average molecular weight is 187 g/mol. The van der Waals surface area contributed by atoms with Crippen LogP contribution in [0.15, 0.2) is 18.7 Å². The molecule has 0 fully saturated rings. The number of aromatic nitrogens is 2. The van der Waals surface area contributed by atoms with Crippen LogP contribution in [0.4, 0.5) is 0 Å². The van der Waals surface area contributed by atoms with E-state index < -0.39 is 0 Å². The summed E-state index contributed by atoms with van der Waals surface area (Å²) in [5.74, 6) is 0. The molecule has 5 nitrogen and oxygen atoms in total. The van der Waals surface area contributed by atoms with E-state index in [2.05, 4.69) is 0 Å². The number of aryl methyl sites for hydroxylation is 1. The monoisotopic (exact) mass is 187 g/mol. The van der Waals surface area contributed by atoms with Crippen molar-refractivity contribution in [1.82, 2.24) is 4.73 Å². The minimum absolute atomic E-state index is 0.0540. The average Bonchev–Trinajstić information content (AvgIpc) is 2.51. The molecule has 13 heavy (non-hydrogen) atoms. The SMILES string of the molecule is C[n+]1ccn(OCCOCCO)c1. The third-order valence-corrected chi connectivity index (χ3v) is 1.45. The van der Waals surface area contributed by atoms with Crippen molar-refractivity contribution in [3.05, 3.63) is 18.7 Å². The molecule has 0 spiro atoms. The van der Waals surface area contributed by atoms with Crippen LogP contribution < -0.4 is 9.40 Å². The first-order chi connectivity index (χ1) is 6.33. The highest BCUT2D eigenvalue weighted by Crippen LogP contribution is 1.79. The third-order valence-electron chi connectivity index (χ3n) is 1.45. The Hall–Kier alpha value is -1.07. The van der Waals surface area contributed by atoms with Crippen LogP contribution in [-0.4, -0.2) is 36.3 Å². The van der Waals surface area contributed by atoms with Crippen molar-refractivity contribution in [2.45, 2.75) is 0 Å². The molecule has 0 atom stereocenters. The third kappa shape index (κ3) is 3.91. The number of hydrogen-bond acceptors (Lipinski definition) is 3. The van der Waals surface area contributed by atoms with Crippen LogP contribution in [0.1, 0.15) is 0 Å². The van der Waals surface area contributed by atoms with Gasteiger partial charge >= 0.3 is 0 Å². The maximum absolute atomic E-state index is 8.41. The second kappa shape index (κ2) is 5.55. The van der Waals surface area contributed by atoms with Crippen LogP contribution in [0.25, 0.3) is 0 Å². The van der Waals surface area contributed by atoms with Gasteiger partial charge in [-0.25, -0.2) is 4.57 Å². The molecule has 0 saturated heterocycles. The fourth-order valence-electron chi connectivity index (χ4n) is 0.872. The molecule has 0 bridgehead atoms. The predicted octanol–water partition coefficient (Wildman–Crippen LogP) is -1.25. The molecule has 0 aliphatic heterocycles. The summed E-state index contributed by atoms with van der Waals surface area (Å²) in [6.45, 7) is 1.39. The summed E-state index contributed by atoms with van der Waals surface area (Å²) in [6, 6.07) is 0. The quantitative estimate of drug-likeness (QED) is 0.447. The zero-order valence-corrected chi connectivity index (χ0v) is 7.72. The summed E-state index contributed by atoms with van der Waals surface area (Å²) in [7, 11) is 1.92. The van der Waals surface area contributed by atoms with Crippen molar-refractivity contribution in [2.75, 3.05) is 26.4 Å². The van der Waals surface area contributed by atoms with E-state index in [0.29, 0.717) is 19.8 Å². The normalized spacial score (nSPS) is 10.3. The largest absolute Gasteiger partial charge is 0.394 e. The topological polar surface area (TPSA) is 47.5 Å². The highest BCUT2D eigenvalue weighted by molar-refractivity contribution is 4.59. The van der Waals surface area contributed by atoms with Crippen LogP contribution in [0.2, 0.25) is 0 Å². The van der Waals surface area contributed by atoms with Crippen LogP contribution in [-0.2, 0) is 11.8 Å². The number of ether oxygens (including phenoxy) is 1. The van der Waals surface area contributed by atoms with E-state index in [1.165, 1.54) is 0 Å². The van der Waals surface area contributed by atoms with Crippen molar-refractivity contribution in [2.24, 2.45) is 7.05 Å². The Labute approximate surface area is 77.1 Å². The molecule has 0 amide bonds. The molecule has 1 aromatic heterocycles. The van der Waals surface area contributed by atoms with Gasteiger partial charge in [-0.1, -0.05) is 4.73 Å². The van der Waals surface area contributed by atoms with E-state index >= 15 is 0 Å². The van der Waals surface area contributed by atoms with Crippen LogP contribution >= 0.6 is 0 Å². The molecule has 1 aromatic rings. The van der Waals surface area contributed by atoms with Crippen molar-refractivity contribution < 1.29 is 19.2 Å². The van der Waals surface area contributed by atoms with E-state index in [4.69, 9.17) is 14.7 Å². The fourth-order valence-corrected chi connectivity index (χ4v) is 0.872. The molecule has 1 N–H and O–H groups in total. The van der Waals surface area contributed by atoms with Crippen molar-refractivity contribution in [3.63, 3.8) is 0 Å². The summed E-state index contributed by atoms with van der Waals surface area (Å²) in [6.07, 6.45) is 5.51. The molecule has 74 valence electrons. The maximum atomic E-state index is 8.41. The number of rotatable bonds is 6. The zero-order valence-electron chi connectivity index (χ0n) is 7.72. The lowest BCUT2D eigenvalue weighted by Gasteiger charge is -2.00. The van der Waals surface area contributed by atoms with Gasteiger partial charge in [-0.2, -0.15) is 0 Å². The fraction of sp³-hybridized carbons (Fsp3) is 0.625. The minimum atomic E-state index is 0.0540. The van der Waals surface area contributed by atoms with Crippen molar-refractivity contribution in [1.29, 1.82) is 0 Å². The predicted molar refractivity (Wildman–Crippen MR) is 45.0 cm³/mol. The summed E-state index contributed by atoms with van der Waals surface area (Å²) >= 11 is 0. The number of hydrogen-bond donors (Lipinski definition) is 1. The van der Waals surface area contributed by atoms with Gasteiger partial charge in [-0.15, -0.1) is 0 Å². The first kappa shape index (κ1) is 10.0. The molecule has 0 radical (unpaired) electrons. The minimum Gasteiger partial charge on any atom is -0.394 e. The molecular weight excluding hydrogens is 172 g/mol. The molecule has 0 aliphatic rings. The highest BCUT2D eigenvalue weighted by Gasteiger charge is 1.99. The smallest absolute Gasteiger partial charge is 0.284 e. The molecule has 0 aromatic carbocycles. The number of aliphatic hydroxyl groups is 1. The van der Waals surface area contributed by atoms with Gasteiger partial charge in [-0.05, 0) is 0 Å². The molecule has 1 rings (SSSR count). The Kier molecular flexibility index (Phi) is 4.28. The van der Waals surface area contributed by atoms with Gasteiger partial charge in [0.25, 0.3) is 6.33 Å². The van der Waals surface area contributed by atoms with Gasteiger partial charge in [-0.3, -0.25) is 0 Å². The first-order valence-electron chi connectivity index (χ1n) is 4.18. The lowest BCUT2D eigenvalue weighted by atomic mass is 10.7. The Balaban J connectivity index is 2.06. The number of imidazole rings is 1. The second-order valence-electron chi connectivity index (χ2n) is 2.61. The van der Waals surface area contributed by atoms with Crippen LogP contribution in [0.3, 0.4) is 0 Å². The van der Waals surface area contributed by atoms with Gasteiger partial charge in [0.05, 0.1) is 26.9 Å². The summed E-state index contributed by atoms with van der Waals surface area (Å²) in [5, 5.41) is 8.41. The molecule has 0 saturated carbocycles. The van der Waals surface area contributed by atoms with Gasteiger partial charge in [0.1, 0.15) is 6.20 Å². The van der Waals surface area contributed by atoms with E-state index in [0.717, 1.165) is 0 Å². The molecule has 0 aliphatic carbocycles. The summed E-state index contributed by atoms with van der Waals surface area (Å²) < 4.78 is 8.51. The Bertz CT molecular complexity index is 237. The summed E-state index contributed by atoms with van der Waals surface area (Å²) in [4.78, 5) is 5.26. The number of aliphatic hydroxyl groups excluding tert-OH is 1. The van der Waals surface area contributed by atoms with Crippen molar-refractivity contribution in [3.8, 4) is 0 Å². The second-order valence-corrected chi connectivity index (χ2v) is 2.61. The lowest BCUT2D eigenvalue weighted by molar-refractivity contribution is -0.672. The lowest BCUT2D eigenvalue weighted by Crippen LogP contribution is -2.25. The molecule has 1 heterocycles. The zero-order chi connectivity index (χ0) is 9.52. The Morgan fingerprint density at radius 2 is 2.23 bits per heavy atom. The molecule has 0 unspecified atom stereocenters. The van der Waals surface area contributed by atoms with Gasteiger partial charge in [0.15, 0.2) is 12.8 Å². The summed E-state index contributed by atoms with van der Waals surface area (Å²) in [5.41, 5.74) is 0. The van der Waals surface area contributed by atoms with Crippen molar-refractivity contribution >= 4 is 0 Å². The number of nitrogens with zero attached hydrogens (tertiary/aromatic N) is 2. The van der Waals surface area contributed by atoms with Crippen LogP contribution in [0, 0.1) is 0 Å². The van der Waals surface area contributed by atoms with E-state index in [9.17, 15) is 0 Å². The van der Waals surface area contributed by atoms with Gasteiger partial charge in [0.2, 0.25) is 0 Å². The molecule has 5 heteroatoms. The van der Waals surface area contributed by atoms with Gasteiger partial charge < -0.3 is 14.7 Å². The van der Waals surface area contributed by atoms with E-state index in [-0.39, 0.29) is 6.61 Å². The van der Waals surface area contributed by atoms with Crippen LogP contribution in [0.5, 0.6) is 0 Å². The molecular formula is C8H15N2O3+. The Morgan fingerprint density at radius 3 is 2.85 bits per heavy atom. The standard InChI is InChI=1S/C8H15N2O3/c1-9-2-3-10(8-9)13-7-6-12-5-4-11/h2-3,8,11H,4-7H2,1H3/q+1. The maximum Gasteiger partial charge on any atom is 0.284 e. The highest BCUT2D eigenvalue weighted by atomic mass is 16.7. The Morgan fingerprint density at radius 1 is 1.38 bits per heavy atom. The van der Waals surface area contributed by atoms with E-state index in [1.807, 2.05) is 30.3 Å². The van der Waals surface area contributed by atoms with E-state index in [1.54, 1.807) is 4.73 Å². The first-order valence-corrected chi connectivity index (χ1v) is 4.18.